The molecule has 3 aromatic rings. The third-order valence-corrected chi connectivity index (χ3v) is 4.88. The summed E-state index contributed by atoms with van der Waals surface area (Å²) in [4.78, 5) is 22.7. The highest BCUT2D eigenvalue weighted by Crippen LogP contribution is 2.34. The van der Waals surface area contributed by atoms with Crippen LogP contribution in [0.5, 0.6) is 5.75 Å². The van der Waals surface area contributed by atoms with Gasteiger partial charge in [0.25, 0.3) is 0 Å². The second kappa shape index (κ2) is 6.34. The molecule has 130 valence electrons. The number of fused-ring (bicyclic) bond motifs is 3. The topological polar surface area (TPSA) is 114 Å². The SMILES string of the molecule is O=C(CO)[C@H]1CCc2c([nH]c3ccc(O)cc23)[C@H](Cc2cnc[nH]2)N1. The largest absolute Gasteiger partial charge is 0.508 e. The quantitative estimate of drug-likeness (QED) is 0.492. The van der Waals surface area contributed by atoms with Gasteiger partial charge in [0.1, 0.15) is 12.4 Å². The third-order valence-electron chi connectivity index (χ3n) is 4.88. The number of aromatic nitrogens is 3. The van der Waals surface area contributed by atoms with Gasteiger partial charge in [-0.05, 0) is 36.6 Å². The van der Waals surface area contributed by atoms with Crippen molar-refractivity contribution in [2.75, 3.05) is 6.61 Å². The lowest BCUT2D eigenvalue weighted by Crippen LogP contribution is -2.40. The number of benzene rings is 1. The highest BCUT2D eigenvalue weighted by atomic mass is 16.3. The van der Waals surface area contributed by atoms with E-state index >= 15 is 0 Å². The van der Waals surface area contributed by atoms with E-state index in [4.69, 9.17) is 0 Å². The number of phenols is 1. The first-order chi connectivity index (χ1) is 12.2. The number of aromatic hydroxyl groups is 1. The van der Waals surface area contributed by atoms with Gasteiger partial charge < -0.3 is 20.2 Å². The van der Waals surface area contributed by atoms with Crippen LogP contribution >= 0.6 is 0 Å². The molecule has 7 nitrogen and oxygen atoms in total. The fourth-order valence-corrected chi connectivity index (χ4v) is 3.66. The van der Waals surface area contributed by atoms with Crippen LogP contribution in [0.3, 0.4) is 0 Å². The van der Waals surface area contributed by atoms with Crippen molar-refractivity contribution in [2.24, 2.45) is 0 Å². The van der Waals surface area contributed by atoms with Gasteiger partial charge >= 0.3 is 0 Å². The van der Waals surface area contributed by atoms with E-state index in [2.05, 4.69) is 20.3 Å². The summed E-state index contributed by atoms with van der Waals surface area (Å²) in [6, 6.07) is 4.77. The summed E-state index contributed by atoms with van der Waals surface area (Å²) in [5.74, 6) is 0.0199. The minimum Gasteiger partial charge on any atom is -0.508 e. The number of rotatable bonds is 4. The first kappa shape index (κ1) is 15.9. The zero-order chi connectivity index (χ0) is 17.4. The van der Waals surface area contributed by atoms with Gasteiger partial charge in [0, 0.05) is 34.9 Å². The van der Waals surface area contributed by atoms with Gasteiger partial charge in [0.15, 0.2) is 5.78 Å². The van der Waals surface area contributed by atoms with Crippen LogP contribution in [0.2, 0.25) is 0 Å². The molecule has 0 saturated heterocycles. The van der Waals surface area contributed by atoms with Crippen LogP contribution in [-0.2, 0) is 17.6 Å². The number of aliphatic hydroxyl groups excluding tert-OH is 1. The molecule has 0 aliphatic carbocycles. The number of hydrogen-bond donors (Lipinski definition) is 5. The van der Waals surface area contributed by atoms with Crippen LogP contribution in [0.15, 0.2) is 30.7 Å². The van der Waals surface area contributed by atoms with Crippen LogP contribution < -0.4 is 5.32 Å². The Kier molecular flexibility index (Phi) is 4.03. The van der Waals surface area contributed by atoms with E-state index in [-0.39, 0.29) is 17.6 Å². The molecule has 2 aromatic heterocycles. The lowest BCUT2D eigenvalue weighted by Gasteiger charge is -2.21. The summed E-state index contributed by atoms with van der Waals surface area (Å²) in [6.07, 6.45) is 5.34. The molecule has 0 unspecified atom stereocenters. The molecule has 0 radical (unpaired) electrons. The van der Waals surface area contributed by atoms with Crippen molar-refractivity contribution in [1.29, 1.82) is 0 Å². The molecular formula is C18H20N4O3. The minimum atomic E-state index is -0.468. The Labute approximate surface area is 144 Å². The molecule has 1 aromatic carbocycles. The molecule has 1 aliphatic rings. The number of phenolic OH excluding ortho intramolecular Hbond substituents is 1. The van der Waals surface area contributed by atoms with E-state index in [1.54, 1.807) is 24.7 Å². The molecule has 1 aliphatic heterocycles. The molecule has 0 saturated carbocycles. The summed E-state index contributed by atoms with van der Waals surface area (Å²) < 4.78 is 0. The van der Waals surface area contributed by atoms with E-state index in [1.807, 2.05) is 6.07 Å². The molecule has 2 atom stereocenters. The standard InChI is InChI=1S/C18H20N4O3/c23-8-17(25)15-4-2-12-13-6-11(24)1-3-14(13)22-18(12)16(21-15)5-10-7-19-9-20-10/h1,3,6-7,9,15-16,21-24H,2,4-5,8H2,(H,19,20)/t15-,16+/m1/s1. The van der Waals surface area contributed by atoms with Gasteiger partial charge in [-0.15, -0.1) is 0 Å². The van der Waals surface area contributed by atoms with E-state index in [0.717, 1.165) is 27.9 Å². The molecule has 7 heteroatoms. The molecule has 25 heavy (non-hydrogen) atoms. The monoisotopic (exact) mass is 340 g/mol. The van der Waals surface area contributed by atoms with Gasteiger partial charge in [-0.1, -0.05) is 0 Å². The molecule has 0 spiro atoms. The molecule has 0 amide bonds. The van der Waals surface area contributed by atoms with Crippen molar-refractivity contribution < 1.29 is 15.0 Å². The van der Waals surface area contributed by atoms with Crippen LogP contribution in [-0.4, -0.2) is 43.6 Å². The maximum absolute atomic E-state index is 12.1. The van der Waals surface area contributed by atoms with Crippen molar-refractivity contribution in [3.8, 4) is 5.75 Å². The normalized spacial score (nSPS) is 20.4. The summed E-state index contributed by atoms with van der Waals surface area (Å²) in [5.41, 5.74) is 4.05. The number of aliphatic hydroxyl groups is 1. The molecule has 3 heterocycles. The Morgan fingerprint density at radius 1 is 1.36 bits per heavy atom. The zero-order valence-corrected chi connectivity index (χ0v) is 13.6. The highest BCUT2D eigenvalue weighted by molar-refractivity contribution is 5.88. The Hall–Kier alpha value is -2.64. The second-order valence-electron chi connectivity index (χ2n) is 6.46. The number of carbonyl (C=O) groups is 1. The van der Waals surface area contributed by atoms with E-state index in [1.165, 1.54) is 0 Å². The second-order valence-corrected chi connectivity index (χ2v) is 6.46. The maximum Gasteiger partial charge on any atom is 0.175 e. The highest BCUT2D eigenvalue weighted by Gasteiger charge is 2.30. The average molecular weight is 340 g/mol. The van der Waals surface area contributed by atoms with E-state index < -0.39 is 12.6 Å². The Balaban J connectivity index is 1.78. The van der Waals surface area contributed by atoms with Gasteiger partial charge in [0.05, 0.1) is 18.4 Å². The van der Waals surface area contributed by atoms with Crippen molar-refractivity contribution in [1.82, 2.24) is 20.3 Å². The van der Waals surface area contributed by atoms with Crippen LogP contribution in [0.4, 0.5) is 0 Å². The average Bonchev–Trinajstić information content (AvgIpc) is 3.20. The number of ketones is 1. The smallest absolute Gasteiger partial charge is 0.175 e. The van der Waals surface area contributed by atoms with Crippen LogP contribution in [0.1, 0.15) is 29.4 Å². The van der Waals surface area contributed by atoms with Gasteiger partial charge in [-0.3, -0.25) is 10.1 Å². The number of imidazole rings is 1. The van der Waals surface area contributed by atoms with Crippen LogP contribution in [0, 0.1) is 0 Å². The zero-order valence-electron chi connectivity index (χ0n) is 13.6. The number of nitrogens with one attached hydrogen (secondary N) is 3. The van der Waals surface area contributed by atoms with Crippen molar-refractivity contribution >= 4 is 16.7 Å². The summed E-state index contributed by atoms with van der Waals surface area (Å²) in [5, 5.41) is 23.5. The first-order valence-corrected chi connectivity index (χ1v) is 8.36. The number of aromatic amines is 2. The lowest BCUT2D eigenvalue weighted by molar-refractivity contribution is -0.124. The van der Waals surface area contributed by atoms with Crippen molar-refractivity contribution in [3.63, 3.8) is 0 Å². The molecule has 0 fully saturated rings. The predicted molar refractivity (Wildman–Crippen MR) is 92.3 cm³/mol. The lowest BCUT2D eigenvalue weighted by atomic mass is 10.0. The molecule has 5 N–H and O–H groups in total. The van der Waals surface area contributed by atoms with Gasteiger partial charge in [-0.2, -0.15) is 0 Å². The van der Waals surface area contributed by atoms with Crippen molar-refractivity contribution in [3.05, 3.63) is 47.7 Å². The van der Waals surface area contributed by atoms with Gasteiger partial charge in [-0.25, -0.2) is 4.98 Å². The van der Waals surface area contributed by atoms with E-state index in [9.17, 15) is 15.0 Å². The van der Waals surface area contributed by atoms with Gasteiger partial charge in [0.2, 0.25) is 0 Å². The molecular weight excluding hydrogens is 320 g/mol. The number of nitrogens with zero attached hydrogens (tertiary/aromatic N) is 1. The Morgan fingerprint density at radius 2 is 2.24 bits per heavy atom. The number of hydrogen-bond acceptors (Lipinski definition) is 5. The molecule has 4 rings (SSSR count). The molecule has 0 bridgehead atoms. The predicted octanol–water partition coefficient (Wildman–Crippen LogP) is 1.35. The first-order valence-electron chi connectivity index (χ1n) is 8.36. The number of Topliss-reactive ketones (excluding diaryl/α,β-unsaturated/α-hetero) is 1. The van der Waals surface area contributed by atoms with E-state index in [0.29, 0.717) is 19.3 Å². The Morgan fingerprint density at radius 3 is 3.00 bits per heavy atom. The van der Waals surface area contributed by atoms with Crippen LogP contribution in [0.25, 0.3) is 10.9 Å². The summed E-state index contributed by atoms with van der Waals surface area (Å²) in [6.45, 7) is -0.468. The minimum absolute atomic E-state index is 0.118. The summed E-state index contributed by atoms with van der Waals surface area (Å²) >= 11 is 0. The number of H-pyrrole nitrogens is 2. The number of aryl methyl sites for hydroxylation is 1. The Bertz CT molecular complexity index is 901. The fraction of sp³-hybridized carbons (Fsp3) is 0.333. The fourth-order valence-electron chi connectivity index (χ4n) is 3.66. The van der Waals surface area contributed by atoms with Crippen molar-refractivity contribution in [2.45, 2.75) is 31.3 Å². The number of carbonyl (C=O) groups excluding carboxylic acids is 1. The summed E-state index contributed by atoms with van der Waals surface area (Å²) in [7, 11) is 0. The third kappa shape index (κ3) is 2.92. The maximum atomic E-state index is 12.1.